The quantitative estimate of drug-likeness (QED) is 0.891. The zero-order valence-electron chi connectivity index (χ0n) is 11.0. The Hall–Kier alpha value is -1.81. The molecule has 1 fully saturated rings. The van der Waals surface area contributed by atoms with Crippen LogP contribution in [0.15, 0.2) is 18.2 Å². The Kier molecular flexibility index (Phi) is 2.38. The molecular formula is C15H16N4. The molecule has 0 bridgehead atoms. The van der Waals surface area contributed by atoms with E-state index < -0.39 is 0 Å². The lowest BCUT2D eigenvalue weighted by atomic mass is 10.1. The second kappa shape index (κ2) is 4.10. The van der Waals surface area contributed by atoms with Gasteiger partial charge in [-0.25, -0.2) is 15.0 Å². The minimum atomic E-state index is 0.653. The van der Waals surface area contributed by atoms with Crippen LogP contribution < -0.4 is 5.32 Å². The molecule has 1 aliphatic heterocycles. The second-order valence-corrected chi connectivity index (χ2v) is 5.40. The van der Waals surface area contributed by atoms with Crippen LogP contribution in [0.1, 0.15) is 41.4 Å². The molecule has 4 rings (SSSR count). The third-order valence-electron chi connectivity index (χ3n) is 3.80. The highest BCUT2D eigenvalue weighted by molar-refractivity contribution is 5.52. The maximum Gasteiger partial charge on any atom is 0.178 e. The number of rotatable bonds is 2. The largest absolute Gasteiger partial charge is 0.307 e. The molecule has 1 aliphatic carbocycles. The Bertz CT molecular complexity index is 647. The van der Waals surface area contributed by atoms with Crippen LogP contribution in [-0.4, -0.2) is 15.0 Å². The summed E-state index contributed by atoms with van der Waals surface area (Å²) >= 11 is 0. The Morgan fingerprint density at radius 2 is 2.00 bits per heavy atom. The van der Waals surface area contributed by atoms with E-state index in [2.05, 4.69) is 10.3 Å². The molecule has 2 aromatic heterocycles. The Balaban J connectivity index is 1.87. The Morgan fingerprint density at radius 1 is 1.11 bits per heavy atom. The summed E-state index contributed by atoms with van der Waals surface area (Å²) in [5.74, 6) is 1.44. The van der Waals surface area contributed by atoms with E-state index in [9.17, 15) is 0 Å². The highest BCUT2D eigenvalue weighted by Gasteiger charge is 2.31. The molecule has 0 atom stereocenters. The van der Waals surface area contributed by atoms with Gasteiger partial charge in [-0.3, -0.25) is 0 Å². The van der Waals surface area contributed by atoms with Crippen molar-refractivity contribution >= 4 is 0 Å². The Labute approximate surface area is 112 Å². The molecule has 19 heavy (non-hydrogen) atoms. The normalized spacial score (nSPS) is 17.5. The van der Waals surface area contributed by atoms with Crippen molar-refractivity contribution < 1.29 is 0 Å². The van der Waals surface area contributed by atoms with Gasteiger partial charge in [0.2, 0.25) is 0 Å². The summed E-state index contributed by atoms with van der Waals surface area (Å²) in [6, 6.07) is 6.01. The smallest absolute Gasteiger partial charge is 0.178 e. The molecule has 0 aromatic carbocycles. The van der Waals surface area contributed by atoms with E-state index in [-0.39, 0.29) is 0 Å². The van der Waals surface area contributed by atoms with Crippen molar-refractivity contribution in [2.45, 2.75) is 38.8 Å². The lowest BCUT2D eigenvalue weighted by Crippen LogP contribution is -2.03. The van der Waals surface area contributed by atoms with Crippen LogP contribution in [-0.2, 0) is 13.1 Å². The van der Waals surface area contributed by atoms with E-state index in [1.165, 1.54) is 24.1 Å². The zero-order chi connectivity index (χ0) is 12.8. The number of hydrogen-bond donors (Lipinski definition) is 1. The number of hydrogen-bond acceptors (Lipinski definition) is 4. The third kappa shape index (κ3) is 1.92. The molecule has 2 aliphatic rings. The third-order valence-corrected chi connectivity index (χ3v) is 3.80. The summed E-state index contributed by atoms with van der Waals surface area (Å²) in [6.07, 6.45) is 2.54. The maximum atomic E-state index is 4.80. The maximum absolute atomic E-state index is 4.80. The molecule has 3 heterocycles. The zero-order valence-corrected chi connectivity index (χ0v) is 11.0. The van der Waals surface area contributed by atoms with Crippen molar-refractivity contribution in [2.24, 2.45) is 0 Å². The van der Waals surface area contributed by atoms with Gasteiger partial charge in [0.15, 0.2) is 5.82 Å². The average Bonchev–Trinajstić information content (AvgIpc) is 3.15. The molecule has 2 aromatic rings. The van der Waals surface area contributed by atoms with Crippen molar-refractivity contribution in [3.05, 3.63) is 40.8 Å². The topological polar surface area (TPSA) is 50.7 Å². The van der Waals surface area contributed by atoms with Gasteiger partial charge in [0.25, 0.3) is 0 Å². The summed E-state index contributed by atoms with van der Waals surface area (Å²) in [5, 5.41) is 3.38. The number of pyridine rings is 1. The van der Waals surface area contributed by atoms with Crippen molar-refractivity contribution in [3.63, 3.8) is 0 Å². The molecular weight excluding hydrogens is 236 g/mol. The van der Waals surface area contributed by atoms with Crippen LogP contribution in [0.25, 0.3) is 11.5 Å². The van der Waals surface area contributed by atoms with Crippen molar-refractivity contribution in [1.29, 1.82) is 0 Å². The SMILES string of the molecule is Cc1cccc(-c2nc3c(c(C4CC4)n2)CNC3)n1. The summed E-state index contributed by atoms with van der Waals surface area (Å²) < 4.78 is 0. The van der Waals surface area contributed by atoms with Gasteiger partial charge in [-0.2, -0.15) is 0 Å². The summed E-state index contributed by atoms with van der Waals surface area (Å²) in [6.45, 7) is 3.78. The highest BCUT2D eigenvalue weighted by Crippen LogP contribution is 2.42. The van der Waals surface area contributed by atoms with Gasteiger partial charge in [-0.05, 0) is 31.9 Å². The van der Waals surface area contributed by atoms with E-state index in [0.29, 0.717) is 5.92 Å². The van der Waals surface area contributed by atoms with Crippen molar-refractivity contribution in [1.82, 2.24) is 20.3 Å². The first-order chi connectivity index (χ1) is 9.31. The summed E-state index contributed by atoms with van der Waals surface area (Å²) in [7, 11) is 0. The fraction of sp³-hybridized carbons (Fsp3) is 0.400. The lowest BCUT2D eigenvalue weighted by Gasteiger charge is -2.08. The van der Waals surface area contributed by atoms with Gasteiger partial charge in [0.05, 0.1) is 11.4 Å². The molecule has 4 nitrogen and oxygen atoms in total. The molecule has 1 saturated carbocycles. The average molecular weight is 252 g/mol. The van der Waals surface area contributed by atoms with Gasteiger partial charge < -0.3 is 5.32 Å². The molecule has 1 N–H and O–H groups in total. The molecule has 0 saturated heterocycles. The number of aromatic nitrogens is 3. The van der Waals surface area contributed by atoms with Gasteiger partial charge >= 0.3 is 0 Å². The van der Waals surface area contributed by atoms with Gasteiger partial charge in [0, 0.05) is 30.3 Å². The summed E-state index contributed by atoms with van der Waals surface area (Å²) in [5.41, 5.74) is 5.65. The predicted molar refractivity (Wildman–Crippen MR) is 72.5 cm³/mol. The van der Waals surface area contributed by atoms with Gasteiger partial charge in [-0.15, -0.1) is 0 Å². The second-order valence-electron chi connectivity index (χ2n) is 5.40. The Morgan fingerprint density at radius 3 is 2.79 bits per heavy atom. The van der Waals surface area contributed by atoms with Crippen LogP contribution in [0.5, 0.6) is 0 Å². The fourth-order valence-corrected chi connectivity index (χ4v) is 2.67. The molecule has 0 amide bonds. The first kappa shape index (κ1) is 11.1. The number of nitrogens with zero attached hydrogens (tertiary/aromatic N) is 3. The van der Waals surface area contributed by atoms with Crippen molar-refractivity contribution in [2.75, 3.05) is 0 Å². The molecule has 4 heteroatoms. The first-order valence-corrected chi connectivity index (χ1v) is 6.86. The predicted octanol–water partition coefficient (Wildman–Crippen LogP) is 2.33. The number of fused-ring (bicyclic) bond motifs is 1. The van der Waals surface area contributed by atoms with Gasteiger partial charge in [-0.1, -0.05) is 6.07 Å². The number of aryl methyl sites for hydroxylation is 1. The molecule has 0 unspecified atom stereocenters. The lowest BCUT2D eigenvalue weighted by molar-refractivity contribution is 0.755. The van der Waals surface area contributed by atoms with Gasteiger partial charge in [0.1, 0.15) is 5.69 Å². The van der Waals surface area contributed by atoms with Crippen LogP contribution in [0.3, 0.4) is 0 Å². The van der Waals surface area contributed by atoms with Crippen LogP contribution in [0.2, 0.25) is 0 Å². The van der Waals surface area contributed by atoms with E-state index in [1.807, 2.05) is 25.1 Å². The van der Waals surface area contributed by atoms with E-state index in [1.54, 1.807) is 0 Å². The molecule has 0 radical (unpaired) electrons. The first-order valence-electron chi connectivity index (χ1n) is 6.86. The van der Waals surface area contributed by atoms with Crippen LogP contribution in [0, 0.1) is 6.92 Å². The summed E-state index contributed by atoms with van der Waals surface area (Å²) in [4.78, 5) is 14.0. The molecule has 96 valence electrons. The minimum Gasteiger partial charge on any atom is -0.307 e. The van der Waals surface area contributed by atoms with E-state index in [4.69, 9.17) is 9.97 Å². The monoisotopic (exact) mass is 252 g/mol. The standard InChI is InChI=1S/C15H16N4/c1-9-3-2-4-12(17-9)15-18-13-8-16-7-11(13)14(19-15)10-5-6-10/h2-4,10,16H,5-8H2,1H3. The minimum absolute atomic E-state index is 0.653. The van der Waals surface area contributed by atoms with Crippen molar-refractivity contribution in [3.8, 4) is 11.5 Å². The van der Waals surface area contributed by atoms with Crippen LogP contribution >= 0.6 is 0 Å². The van der Waals surface area contributed by atoms with E-state index >= 15 is 0 Å². The van der Waals surface area contributed by atoms with Crippen LogP contribution in [0.4, 0.5) is 0 Å². The number of nitrogens with one attached hydrogen (secondary N) is 1. The fourth-order valence-electron chi connectivity index (χ4n) is 2.67. The molecule has 0 spiro atoms. The van der Waals surface area contributed by atoms with E-state index in [0.717, 1.165) is 36.0 Å². The highest BCUT2D eigenvalue weighted by atomic mass is 15.0.